The molecule has 0 saturated heterocycles. The second-order valence-electron chi connectivity index (χ2n) is 6.08. The summed E-state index contributed by atoms with van der Waals surface area (Å²) in [5.74, 6) is -2.35. The first kappa shape index (κ1) is 18.3. The summed E-state index contributed by atoms with van der Waals surface area (Å²) in [4.78, 5) is 50.8. The van der Waals surface area contributed by atoms with Crippen LogP contribution in [-0.2, 0) is 14.3 Å². The minimum absolute atomic E-state index is 0.259. The van der Waals surface area contributed by atoms with Crippen LogP contribution in [0.3, 0.4) is 0 Å². The first-order chi connectivity index (χ1) is 13.0. The highest BCUT2D eigenvalue weighted by molar-refractivity contribution is 6.22. The fourth-order valence-corrected chi connectivity index (χ4v) is 2.98. The Bertz CT molecular complexity index is 875. The normalized spacial score (nSPS) is 15.1. The smallest absolute Gasteiger partial charge is 0.333 e. The maximum atomic E-state index is 12.7. The Kier molecular flexibility index (Phi) is 5.03. The molecular formula is C20H18N2O5. The molecule has 1 aliphatic rings. The third kappa shape index (κ3) is 3.31. The number of hydrogen-bond acceptors (Lipinski definition) is 5. The summed E-state index contributed by atoms with van der Waals surface area (Å²) >= 11 is 0. The van der Waals surface area contributed by atoms with Crippen molar-refractivity contribution < 1.29 is 23.9 Å². The van der Waals surface area contributed by atoms with E-state index in [1.54, 1.807) is 54.6 Å². The Morgan fingerprint density at radius 2 is 1.44 bits per heavy atom. The largest absolute Gasteiger partial charge is 0.467 e. The number of nitrogens with zero attached hydrogens (tertiary/aromatic N) is 1. The number of amides is 3. The summed E-state index contributed by atoms with van der Waals surface area (Å²) in [7, 11) is 1.22. The molecule has 2 aromatic rings. The van der Waals surface area contributed by atoms with Gasteiger partial charge < -0.3 is 10.1 Å². The number of carbonyl (C=O) groups is 4. The minimum Gasteiger partial charge on any atom is -0.467 e. The molecule has 0 spiro atoms. The molecule has 27 heavy (non-hydrogen) atoms. The monoisotopic (exact) mass is 366 g/mol. The van der Waals surface area contributed by atoms with Crippen molar-refractivity contribution in [1.29, 1.82) is 0 Å². The average molecular weight is 366 g/mol. The Morgan fingerprint density at radius 1 is 0.926 bits per heavy atom. The van der Waals surface area contributed by atoms with Crippen molar-refractivity contribution in [3.8, 4) is 0 Å². The third-order valence-corrected chi connectivity index (χ3v) is 4.45. The van der Waals surface area contributed by atoms with Gasteiger partial charge in [-0.1, -0.05) is 42.5 Å². The molecule has 0 saturated carbocycles. The van der Waals surface area contributed by atoms with E-state index in [-0.39, 0.29) is 11.1 Å². The first-order valence-electron chi connectivity index (χ1n) is 8.35. The molecule has 0 fully saturated rings. The van der Waals surface area contributed by atoms with E-state index in [0.717, 1.165) is 4.90 Å². The molecule has 3 rings (SSSR count). The molecule has 0 aliphatic carbocycles. The number of hydrogen-bond donors (Lipinski definition) is 1. The lowest BCUT2D eigenvalue weighted by Crippen LogP contribution is -2.49. The van der Waals surface area contributed by atoms with Crippen LogP contribution in [0.4, 0.5) is 0 Å². The number of ether oxygens (including phenoxy) is 1. The van der Waals surface area contributed by atoms with Gasteiger partial charge in [-0.3, -0.25) is 19.3 Å². The van der Waals surface area contributed by atoms with Crippen LogP contribution in [0.1, 0.15) is 39.2 Å². The predicted octanol–water partition coefficient (Wildman–Crippen LogP) is 1.70. The Labute approximate surface area is 155 Å². The van der Waals surface area contributed by atoms with Gasteiger partial charge in [0.05, 0.1) is 18.2 Å². The molecule has 1 N–H and O–H groups in total. The lowest BCUT2D eigenvalue weighted by Gasteiger charge is -2.24. The van der Waals surface area contributed by atoms with E-state index in [2.05, 4.69) is 5.32 Å². The topological polar surface area (TPSA) is 92.8 Å². The molecule has 7 heteroatoms. The summed E-state index contributed by atoms with van der Waals surface area (Å²) in [6, 6.07) is 12.8. The van der Waals surface area contributed by atoms with Gasteiger partial charge in [-0.25, -0.2) is 4.79 Å². The van der Waals surface area contributed by atoms with Gasteiger partial charge in [0.1, 0.15) is 6.04 Å². The van der Waals surface area contributed by atoms with Crippen LogP contribution in [0.15, 0.2) is 54.6 Å². The fraction of sp³-hybridized carbons (Fsp3) is 0.200. The molecular weight excluding hydrogens is 348 g/mol. The number of nitrogens with one attached hydrogen (secondary N) is 1. The summed E-state index contributed by atoms with van der Waals surface area (Å²) in [5.41, 5.74) is 1.05. The number of methoxy groups -OCH3 is 1. The maximum Gasteiger partial charge on any atom is 0.333 e. The molecule has 2 unspecified atom stereocenters. The zero-order chi connectivity index (χ0) is 19.6. The number of benzene rings is 2. The SMILES string of the molecule is COC(=O)C(NC(=O)C(C)N1C(=O)c2ccccc2C1=O)c1ccccc1. The standard InChI is InChI=1S/C20H18N2O5/c1-12(22-18(24)14-10-6-7-11-15(14)19(22)25)17(23)21-16(20(26)27-2)13-8-4-3-5-9-13/h3-12,16H,1-2H3,(H,21,23). The van der Waals surface area contributed by atoms with Crippen LogP contribution in [0.25, 0.3) is 0 Å². The van der Waals surface area contributed by atoms with E-state index in [0.29, 0.717) is 5.56 Å². The summed E-state index contributed by atoms with van der Waals surface area (Å²) in [5, 5.41) is 2.57. The van der Waals surface area contributed by atoms with Crippen molar-refractivity contribution in [2.45, 2.75) is 19.0 Å². The highest BCUT2D eigenvalue weighted by Gasteiger charge is 2.41. The van der Waals surface area contributed by atoms with E-state index >= 15 is 0 Å². The molecule has 2 aromatic carbocycles. The van der Waals surface area contributed by atoms with Crippen molar-refractivity contribution >= 4 is 23.7 Å². The lowest BCUT2D eigenvalue weighted by molar-refractivity contribution is -0.145. The van der Waals surface area contributed by atoms with Crippen LogP contribution in [0.2, 0.25) is 0 Å². The van der Waals surface area contributed by atoms with Gasteiger partial charge in [-0.05, 0) is 24.6 Å². The van der Waals surface area contributed by atoms with Crippen LogP contribution in [0, 0.1) is 0 Å². The van der Waals surface area contributed by atoms with Crippen LogP contribution < -0.4 is 5.32 Å². The molecule has 1 aliphatic heterocycles. The quantitative estimate of drug-likeness (QED) is 0.642. The fourth-order valence-electron chi connectivity index (χ4n) is 2.98. The summed E-state index contributed by atoms with van der Waals surface area (Å²) in [6.45, 7) is 1.44. The van der Waals surface area contributed by atoms with Gasteiger partial charge in [-0.2, -0.15) is 0 Å². The number of imide groups is 1. The first-order valence-corrected chi connectivity index (χ1v) is 8.35. The Balaban J connectivity index is 1.82. The van der Waals surface area contributed by atoms with E-state index in [1.807, 2.05) is 0 Å². The molecule has 7 nitrogen and oxygen atoms in total. The molecule has 1 heterocycles. The van der Waals surface area contributed by atoms with Crippen LogP contribution in [0.5, 0.6) is 0 Å². The van der Waals surface area contributed by atoms with Gasteiger partial charge in [0.25, 0.3) is 11.8 Å². The van der Waals surface area contributed by atoms with E-state index < -0.39 is 35.8 Å². The van der Waals surface area contributed by atoms with Gasteiger partial charge in [-0.15, -0.1) is 0 Å². The highest BCUT2D eigenvalue weighted by Crippen LogP contribution is 2.25. The zero-order valence-electron chi connectivity index (χ0n) is 14.8. The van der Waals surface area contributed by atoms with Crippen molar-refractivity contribution in [3.63, 3.8) is 0 Å². The number of carbonyl (C=O) groups excluding carboxylic acids is 4. The highest BCUT2D eigenvalue weighted by atomic mass is 16.5. The van der Waals surface area contributed by atoms with Crippen molar-refractivity contribution in [2.75, 3.05) is 7.11 Å². The second-order valence-corrected chi connectivity index (χ2v) is 6.08. The number of esters is 1. The second kappa shape index (κ2) is 7.41. The van der Waals surface area contributed by atoms with Gasteiger partial charge >= 0.3 is 5.97 Å². The van der Waals surface area contributed by atoms with Crippen LogP contribution in [-0.4, -0.2) is 41.7 Å². The van der Waals surface area contributed by atoms with Crippen molar-refractivity contribution in [2.24, 2.45) is 0 Å². The van der Waals surface area contributed by atoms with Crippen LogP contribution >= 0.6 is 0 Å². The predicted molar refractivity (Wildman–Crippen MR) is 95.7 cm³/mol. The van der Waals surface area contributed by atoms with Gasteiger partial charge in [0.15, 0.2) is 6.04 Å². The number of rotatable bonds is 5. The minimum atomic E-state index is -1.09. The van der Waals surface area contributed by atoms with Crippen molar-refractivity contribution in [1.82, 2.24) is 10.2 Å². The molecule has 3 amide bonds. The van der Waals surface area contributed by atoms with Crippen molar-refractivity contribution in [3.05, 3.63) is 71.3 Å². The molecule has 0 bridgehead atoms. The average Bonchev–Trinajstić information content (AvgIpc) is 2.96. The van der Waals surface area contributed by atoms with E-state index in [1.165, 1.54) is 14.0 Å². The zero-order valence-corrected chi connectivity index (χ0v) is 14.8. The van der Waals surface area contributed by atoms with Gasteiger partial charge in [0.2, 0.25) is 5.91 Å². The maximum absolute atomic E-state index is 12.7. The molecule has 2 atom stereocenters. The Hall–Kier alpha value is -3.48. The Morgan fingerprint density at radius 3 is 1.96 bits per heavy atom. The van der Waals surface area contributed by atoms with Gasteiger partial charge in [0, 0.05) is 0 Å². The molecule has 138 valence electrons. The lowest BCUT2D eigenvalue weighted by atomic mass is 10.1. The molecule has 0 radical (unpaired) electrons. The summed E-state index contributed by atoms with van der Waals surface area (Å²) in [6.07, 6.45) is 0. The van der Waals surface area contributed by atoms with E-state index in [4.69, 9.17) is 4.74 Å². The molecule has 0 aromatic heterocycles. The van der Waals surface area contributed by atoms with E-state index in [9.17, 15) is 19.2 Å². The summed E-state index contributed by atoms with van der Waals surface area (Å²) < 4.78 is 4.76. The third-order valence-electron chi connectivity index (χ3n) is 4.45. The number of fused-ring (bicyclic) bond motifs is 1.